The van der Waals surface area contributed by atoms with E-state index >= 15 is 0 Å². The fourth-order valence-electron chi connectivity index (χ4n) is 4.01. The molecule has 4 rings (SSSR count). The number of halogens is 1. The number of nitro benzene ring substituents is 1. The van der Waals surface area contributed by atoms with Gasteiger partial charge < -0.3 is 10.2 Å². The molecule has 1 fully saturated rings. The van der Waals surface area contributed by atoms with Crippen molar-refractivity contribution < 1.29 is 14.1 Å². The van der Waals surface area contributed by atoms with Gasteiger partial charge in [0.05, 0.1) is 4.92 Å². The van der Waals surface area contributed by atoms with E-state index < -0.39 is 6.04 Å². The predicted molar refractivity (Wildman–Crippen MR) is 121 cm³/mol. The van der Waals surface area contributed by atoms with Crippen molar-refractivity contribution in [3.8, 4) is 0 Å². The van der Waals surface area contributed by atoms with Crippen LogP contribution in [0.1, 0.15) is 11.6 Å². The van der Waals surface area contributed by atoms with E-state index in [0.29, 0.717) is 37.6 Å². The zero-order chi connectivity index (χ0) is 22.5. The molecular weight excluding hydrogens is 411 g/mol. The topological polar surface area (TPSA) is 78.7 Å². The summed E-state index contributed by atoms with van der Waals surface area (Å²) in [5.74, 6) is -0.573. The second kappa shape index (κ2) is 9.57. The van der Waals surface area contributed by atoms with Gasteiger partial charge in [0.2, 0.25) is 5.91 Å². The molecule has 8 heteroatoms. The molecule has 0 aliphatic carbocycles. The van der Waals surface area contributed by atoms with Crippen LogP contribution < -0.4 is 10.2 Å². The summed E-state index contributed by atoms with van der Waals surface area (Å²) in [4.78, 5) is 28.3. The van der Waals surface area contributed by atoms with Crippen molar-refractivity contribution in [2.75, 3.05) is 36.4 Å². The maximum absolute atomic E-state index is 13.2. The molecule has 1 N–H and O–H groups in total. The third kappa shape index (κ3) is 4.76. The minimum absolute atomic E-state index is 0.0783. The Labute approximate surface area is 185 Å². The van der Waals surface area contributed by atoms with E-state index in [0.717, 1.165) is 5.56 Å². The number of nitro groups is 1. The third-order valence-electron chi connectivity index (χ3n) is 5.57. The summed E-state index contributed by atoms with van der Waals surface area (Å²) in [6.07, 6.45) is 0. The highest BCUT2D eigenvalue weighted by molar-refractivity contribution is 5.95. The van der Waals surface area contributed by atoms with Crippen molar-refractivity contribution >= 4 is 23.0 Å². The lowest BCUT2D eigenvalue weighted by molar-refractivity contribution is -0.384. The summed E-state index contributed by atoms with van der Waals surface area (Å²) in [5, 5.41) is 14.3. The van der Waals surface area contributed by atoms with Gasteiger partial charge in [-0.1, -0.05) is 42.5 Å². The maximum atomic E-state index is 13.2. The number of rotatable bonds is 6. The Bertz CT molecular complexity index is 1080. The fourth-order valence-corrected chi connectivity index (χ4v) is 4.01. The van der Waals surface area contributed by atoms with Crippen LogP contribution in [-0.2, 0) is 4.79 Å². The standard InChI is InChI=1S/C24H23FN4O3/c25-19-10-12-20(13-11-19)26-24(30)23(18-6-2-1-3-7-18)28-16-14-27(15-17-28)21-8-4-5-9-22(21)29(31)32/h1-13,23H,14-17H2,(H,26,30). The smallest absolute Gasteiger partial charge is 0.292 e. The van der Waals surface area contributed by atoms with Crippen molar-refractivity contribution in [2.24, 2.45) is 0 Å². The van der Waals surface area contributed by atoms with Crippen molar-refractivity contribution in [1.29, 1.82) is 0 Å². The molecule has 0 spiro atoms. The van der Waals surface area contributed by atoms with Crippen LogP contribution in [-0.4, -0.2) is 41.9 Å². The Morgan fingerprint density at radius 3 is 2.19 bits per heavy atom. The number of carbonyl (C=O) groups is 1. The minimum Gasteiger partial charge on any atom is -0.363 e. The predicted octanol–water partition coefficient (Wildman–Crippen LogP) is 4.24. The fraction of sp³-hybridized carbons (Fsp3) is 0.208. The van der Waals surface area contributed by atoms with Gasteiger partial charge in [0.15, 0.2) is 0 Å². The van der Waals surface area contributed by atoms with Gasteiger partial charge in [-0.3, -0.25) is 19.8 Å². The lowest BCUT2D eigenvalue weighted by Gasteiger charge is -2.39. The first-order valence-corrected chi connectivity index (χ1v) is 10.4. The van der Waals surface area contributed by atoms with Crippen LogP contribution in [0.5, 0.6) is 0 Å². The second-order valence-corrected chi connectivity index (χ2v) is 7.58. The average Bonchev–Trinajstić information content (AvgIpc) is 2.82. The molecule has 0 radical (unpaired) electrons. The van der Waals surface area contributed by atoms with Crippen molar-refractivity contribution in [2.45, 2.75) is 6.04 Å². The van der Waals surface area contributed by atoms with Crippen LogP contribution in [0.2, 0.25) is 0 Å². The summed E-state index contributed by atoms with van der Waals surface area (Å²) >= 11 is 0. The first kappa shape index (κ1) is 21.5. The van der Waals surface area contributed by atoms with Crippen molar-refractivity contribution in [1.82, 2.24) is 4.90 Å². The monoisotopic (exact) mass is 434 g/mol. The molecule has 1 atom stereocenters. The van der Waals surface area contributed by atoms with Crippen LogP contribution in [0.25, 0.3) is 0 Å². The van der Waals surface area contributed by atoms with E-state index in [1.54, 1.807) is 18.2 Å². The third-order valence-corrected chi connectivity index (χ3v) is 5.57. The largest absolute Gasteiger partial charge is 0.363 e. The summed E-state index contributed by atoms with van der Waals surface area (Å²) in [6, 6.07) is 21.3. The molecule has 3 aromatic carbocycles. The molecule has 1 amide bonds. The quantitative estimate of drug-likeness (QED) is 0.464. The van der Waals surface area contributed by atoms with Crippen LogP contribution in [0.3, 0.4) is 0 Å². The second-order valence-electron chi connectivity index (χ2n) is 7.58. The Hall–Kier alpha value is -3.78. The van der Waals surface area contributed by atoms with E-state index in [2.05, 4.69) is 10.2 Å². The summed E-state index contributed by atoms with van der Waals surface area (Å²) in [7, 11) is 0. The van der Waals surface area contributed by atoms with Crippen molar-refractivity contribution in [3.05, 3.63) is 100 Å². The first-order chi connectivity index (χ1) is 15.5. The summed E-state index contributed by atoms with van der Waals surface area (Å²) in [6.45, 7) is 2.22. The number of para-hydroxylation sites is 2. The Morgan fingerprint density at radius 1 is 0.906 bits per heavy atom. The number of carbonyl (C=O) groups excluding carboxylic acids is 1. The Morgan fingerprint density at radius 2 is 1.53 bits per heavy atom. The highest BCUT2D eigenvalue weighted by atomic mass is 19.1. The lowest BCUT2D eigenvalue weighted by Crippen LogP contribution is -2.50. The minimum atomic E-state index is -0.533. The molecule has 3 aromatic rings. The molecule has 1 saturated heterocycles. The lowest BCUT2D eigenvalue weighted by atomic mass is 10.0. The molecule has 7 nitrogen and oxygen atoms in total. The van der Waals surface area contributed by atoms with E-state index in [-0.39, 0.29) is 22.3 Å². The van der Waals surface area contributed by atoms with Crippen LogP contribution in [0, 0.1) is 15.9 Å². The molecular formula is C24H23FN4O3. The molecule has 0 aromatic heterocycles. The van der Waals surface area contributed by atoms with Crippen LogP contribution in [0.15, 0.2) is 78.9 Å². The zero-order valence-corrected chi connectivity index (χ0v) is 17.4. The highest BCUT2D eigenvalue weighted by Gasteiger charge is 2.32. The van der Waals surface area contributed by atoms with Gasteiger partial charge in [-0.25, -0.2) is 4.39 Å². The van der Waals surface area contributed by atoms with Gasteiger partial charge >= 0.3 is 0 Å². The maximum Gasteiger partial charge on any atom is 0.292 e. The average molecular weight is 434 g/mol. The van der Waals surface area contributed by atoms with Gasteiger partial charge in [0.25, 0.3) is 5.69 Å². The molecule has 164 valence electrons. The van der Waals surface area contributed by atoms with Gasteiger partial charge in [-0.2, -0.15) is 0 Å². The SMILES string of the molecule is O=C(Nc1ccc(F)cc1)C(c1ccccc1)N1CCN(c2ccccc2[N+](=O)[O-])CC1. The number of amides is 1. The van der Waals surface area contributed by atoms with E-state index in [1.165, 1.54) is 30.3 Å². The summed E-state index contributed by atoms with van der Waals surface area (Å²) < 4.78 is 13.2. The van der Waals surface area contributed by atoms with Gasteiger partial charge in [0, 0.05) is 37.9 Å². The van der Waals surface area contributed by atoms with E-state index in [4.69, 9.17) is 0 Å². The first-order valence-electron chi connectivity index (χ1n) is 10.4. The number of benzene rings is 3. The number of piperazine rings is 1. The molecule has 1 heterocycles. The van der Waals surface area contributed by atoms with Crippen LogP contribution in [0.4, 0.5) is 21.5 Å². The molecule has 1 unspecified atom stereocenters. The number of hydrogen-bond donors (Lipinski definition) is 1. The van der Waals surface area contributed by atoms with E-state index in [9.17, 15) is 19.3 Å². The molecule has 32 heavy (non-hydrogen) atoms. The number of hydrogen-bond acceptors (Lipinski definition) is 5. The normalized spacial score (nSPS) is 15.2. The zero-order valence-electron chi connectivity index (χ0n) is 17.4. The molecule has 0 saturated carbocycles. The van der Waals surface area contributed by atoms with Gasteiger partial charge in [0.1, 0.15) is 17.5 Å². The molecule has 1 aliphatic rings. The summed E-state index contributed by atoms with van der Waals surface area (Å²) in [5.41, 5.74) is 2.04. The number of anilines is 2. The van der Waals surface area contributed by atoms with Crippen molar-refractivity contribution in [3.63, 3.8) is 0 Å². The number of nitrogens with one attached hydrogen (secondary N) is 1. The van der Waals surface area contributed by atoms with E-state index in [1.807, 2.05) is 35.2 Å². The molecule has 1 aliphatic heterocycles. The van der Waals surface area contributed by atoms with Crippen LogP contribution >= 0.6 is 0 Å². The van der Waals surface area contributed by atoms with Gasteiger partial charge in [-0.05, 0) is 35.9 Å². The van der Waals surface area contributed by atoms with Gasteiger partial charge in [-0.15, -0.1) is 0 Å². The Balaban J connectivity index is 1.52. The number of nitrogens with zero attached hydrogens (tertiary/aromatic N) is 3. The highest BCUT2D eigenvalue weighted by Crippen LogP contribution is 2.30. The molecule has 0 bridgehead atoms. The Kier molecular flexibility index (Phi) is 6.42.